The van der Waals surface area contributed by atoms with Gasteiger partial charge in [0.2, 0.25) is 11.8 Å². The van der Waals surface area contributed by atoms with Crippen LogP contribution >= 0.6 is 0 Å². The summed E-state index contributed by atoms with van der Waals surface area (Å²) in [5.74, 6) is 0.129. The predicted molar refractivity (Wildman–Crippen MR) is 85.4 cm³/mol. The summed E-state index contributed by atoms with van der Waals surface area (Å²) in [4.78, 5) is 29.0. The van der Waals surface area contributed by atoms with Gasteiger partial charge in [0.15, 0.2) is 0 Å². The number of likely N-dealkylation sites (N-methyl/N-ethyl adjacent to an activating group) is 1. The molecule has 2 atom stereocenters. The van der Waals surface area contributed by atoms with Gasteiger partial charge in [-0.3, -0.25) is 14.5 Å². The monoisotopic (exact) mass is 307 g/mol. The third-order valence-electron chi connectivity index (χ3n) is 5.71. The Morgan fingerprint density at radius 1 is 1.23 bits per heavy atom. The minimum Gasteiger partial charge on any atom is -0.354 e. The molecule has 22 heavy (non-hydrogen) atoms. The van der Waals surface area contributed by atoms with E-state index in [4.69, 9.17) is 0 Å². The Labute approximate surface area is 133 Å². The Morgan fingerprint density at radius 2 is 2.00 bits per heavy atom. The number of nitrogens with zero attached hydrogens (tertiary/aromatic N) is 2. The minimum absolute atomic E-state index is 0.0804. The van der Waals surface area contributed by atoms with Crippen molar-refractivity contribution < 1.29 is 9.59 Å². The van der Waals surface area contributed by atoms with Crippen molar-refractivity contribution in [2.24, 2.45) is 5.92 Å². The van der Waals surface area contributed by atoms with Crippen LogP contribution in [0.4, 0.5) is 0 Å². The number of carbonyl (C=O) groups is 2. The van der Waals surface area contributed by atoms with Crippen molar-refractivity contribution in [3.63, 3.8) is 0 Å². The molecule has 124 valence electrons. The molecule has 1 N–H and O–H groups in total. The van der Waals surface area contributed by atoms with Gasteiger partial charge in [0.05, 0.1) is 5.92 Å². The van der Waals surface area contributed by atoms with Gasteiger partial charge < -0.3 is 10.2 Å². The van der Waals surface area contributed by atoms with Crippen LogP contribution < -0.4 is 5.32 Å². The zero-order valence-corrected chi connectivity index (χ0v) is 13.7. The van der Waals surface area contributed by atoms with Gasteiger partial charge >= 0.3 is 0 Å². The predicted octanol–water partition coefficient (Wildman–Crippen LogP) is 1.38. The summed E-state index contributed by atoms with van der Waals surface area (Å²) in [6.07, 6.45) is 7.49. The van der Waals surface area contributed by atoms with Crippen LogP contribution in [-0.2, 0) is 9.59 Å². The fourth-order valence-electron chi connectivity index (χ4n) is 4.38. The normalized spacial score (nSPS) is 30.4. The second-order valence-corrected chi connectivity index (χ2v) is 7.06. The molecule has 0 radical (unpaired) electrons. The number of carbonyl (C=O) groups excluding carboxylic acids is 2. The summed E-state index contributed by atoms with van der Waals surface area (Å²) in [6.45, 7) is 5.75. The molecule has 0 spiro atoms. The third kappa shape index (κ3) is 3.29. The topological polar surface area (TPSA) is 52.7 Å². The van der Waals surface area contributed by atoms with Crippen LogP contribution in [0.5, 0.6) is 0 Å². The molecule has 0 aromatic carbocycles. The molecule has 2 heterocycles. The summed E-state index contributed by atoms with van der Waals surface area (Å²) >= 11 is 0. The second-order valence-electron chi connectivity index (χ2n) is 7.06. The van der Waals surface area contributed by atoms with Crippen LogP contribution in [-0.4, -0.2) is 59.9 Å². The molecule has 0 aromatic heterocycles. The number of hydrogen-bond acceptors (Lipinski definition) is 3. The lowest BCUT2D eigenvalue weighted by Crippen LogP contribution is -2.42. The molecule has 1 saturated carbocycles. The Hall–Kier alpha value is -1.10. The SMILES string of the molecule is CCN1CCC[C@@H]1CNC(=O)[C@@H]1CC(=O)N(C2CCCC2)C1. The fourth-order valence-corrected chi connectivity index (χ4v) is 4.38. The number of nitrogens with one attached hydrogen (secondary N) is 1. The first-order valence-corrected chi connectivity index (χ1v) is 9.00. The van der Waals surface area contributed by atoms with Crippen molar-refractivity contribution in [3.8, 4) is 0 Å². The average Bonchev–Trinajstić information content (AvgIpc) is 3.24. The van der Waals surface area contributed by atoms with E-state index in [0.717, 1.165) is 32.5 Å². The van der Waals surface area contributed by atoms with E-state index in [0.29, 0.717) is 25.0 Å². The van der Waals surface area contributed by atoms with Crippen LogP contribution in [0.2, 0.25) is 0 Å². The number of hydrogen-bond donors (Lipinski definition) is 1. The van der Waals surface area contributed by atoms with E-state index in [1.54, 1.807) is 0 Å². The van der Waals surface area contributed by atoms with Gasteiger partial charge in [0.25, 0.3) is 0 Å². The zero-order valence-electron chi connectivity index (χ0n) is 13.7. The van der Waals surface area contributed by atoms with Crippen molar-refractivity contribution >= 4 is 11.8 Å². The van der Waals surface area contributed by atoms with Crippen molar-refractivity contribution in [2.75, 3.05) is 26.2 Å². The smallest absolute Gasteiger partial charge is 0.225 e. The van der Waals surface area contributed by atoms with Gasteiger partial charge in [0.1, 0.15) is 0 Å². The lowest BCUT2D eigenvalue weighted by molar-refractivity contribution is -0.130. The Balaban J connectivity index is 1.47. The first kappa shape index (κ1) is 15.8. The molecular weight excluding hydrogens is 278 g/mol. The molecule has 3 rings (SSSR count). The van der Waals surface area contributed by atoms with Crippen molar-refractivity contribution in [3.05, 3.63) is 0 Å². The van der Waals surface area contributed by atoms with Gasteiger partial charge in [-0.2, -0.15) is 0 Å². The average molecular weight is 307 g/mol. The van der Waals surface area contributed by atoms with Gasteiger partial charge in [-0.1, -0.05) is 19.8 Å². The van der Waals surface area contributed by atoms with Crippen molar-refractivity contribution in [2.45, 2.75) is 64.0 Å². The third-order valence-corrected chi connectivity index (χ3v) is 5.71. The van der Waals surface area contributed by atoms with Crippen LogP contribution in [0, 0.1) is 5.92 Å². The highest BCUT2D eigenvalue weighted by Gasteiger charge is 2.38. The summed E-state index contributed by atoms with van der Waals surface area (Å²) in [5.41, 5.74) is 0. The highest BCUT2D eigenvalue weighted by Crippen LogP contribution is 2.29. The molecule has 1 aliphatic carbocycles. The number of likely N-dealkylation sites (tertiary alicyclic amines) is 2. The van der Waals surface area contributed by atoms with Crippen LogP contribution in [0.3, 0.4) is 0 Å². The number of amides is 2. The first-order chi connectivity index (χ1) is 10.7. The lowest BCUT2D eigenvalue weighted by Gasteiger charge is -2.25. The molecule has 0 unspecified atom stereocenters. The molecule has 2 aliphatic heterocycles. The highest BCUT2D eigenvalue weighted by atomic mass is 16.2. The maximum absolute atomic E-state index is 12.4. The molecule has 2 saturated heterocycles. The Morgan fingerprint density at radius 3 is 2.73 bits per heavy atom. The highest BCUT2D eigenvalue weighted by molar-refractivity contribution is 5.89. The zero-order chi connectivity index (χ0) is 15.5. The second kappa shape index (κ2) is 6.99. The van der Waals surface area contributed by atoms with E-state index in [1.807, 2.05) is 4.90 Å². The first-order valence-electron chi connectivity index (χ1n) is 9.00. The van der Waals surface area contributed by atoms with Crippen molar-refractivity contribution in [1.82, 2.24) is 15.1 Å². The molecular formula is C17H29N3O2. The Bertz CT molecular complexity index is 420. The quantitative estimate of drug-likeness (QED) is 0.835. The van der Waals surface area contributed by atoms with Gasteiger partial charge in [-0.05, 0) is 38.8 Å². The van der Waals surface area contributed by atoms with Crippen LogP contribution in [0.25, 0.3) is 0 Å². The van der Waals surface area contributed by atoms with E-state index in [-0.39, 0.29) is 17.7 Å². The minimum atomic E-state index is -0.135. The molecule has 5 nitrogen and oxygen atoms in total. The van der Waals surface area contributed by atoms with Crippen molar-refractivity contribution in [1.29, 1.82) is 0 Å². The van der Waals surface area contributed by atoms with Gasteiger partial charge in [0, 0.05) is 31.6 Å². The summed E-state index contributed by atoms with van der Waals surface area (Å²) in [5, 5.41) is 3.10. The molecule has 3 fully saturated rings. The number of rotatable bonds is 5. The van der Waals surface area contributed by atoms with E-state index in [9.17, 15) is 9.59 Å². The van der Waals surface area contributed by atoms with E-state index < -0.39 is 0 Å². The summed E-state index contributed by atoms with van der Waals surface area (Å²) < 4.78 is 0. The molecule has 2 amide bonds. The largest absolute Gasteiger partial charge is 0.354 e. The van der Waals surface area contributed by atoms with E-state index in [1.165, 1.54) is 25.7 Å². The maximum atomic E-state index is 12.4. The fraction of sp³-hybridized carbons (Fsp3) is 0.882. The standard InChI is InChI=1S/C17H29N3O2/c1-2-19-9-5-8-15(19)11-18-17(22)13-10-16(21)20(12-13)14-6-3-4-7-14/h13-15H,2-12H2,1H3,(H,18,22)/t13-,15-/m1/s1. The maximum Gasteiger partial charge on any atom is 0.225 e. The summed E-state index contributed by atoms with van der Waals surface area (Å²) in [6, 6.07) is 0.882. The van der Waals surface area contributed by atoms with Gasteiger partial charge in [-0.25, -0.2) is 0 Å². The van der Waals surface area contributed by atoms with E-state index in [2.05, 4.69) is 17.1 Å². The van der Waals surface area contributed by atoms with E-state index >= 15 is 0 Å². The van der Waals surface area contributed by atoms with Crippen LogP contribution in [0.15, 0.2) is 0 Å². The molecule has 5 heteroatoms. The Kier molecular flexibility index (Phi) is 5.01. The van der Waals surface area contributed by atoms with Gasteiger partial charge in [-0.15, -0.1) is 0 Å². The molecule has 3 aliphatic rings. The molecule has 0 bridgehead atoms. The summed E-state index contributed by atoms with van der Waals surface area (Å²) in [7, 11) is 0. The lowest BCUT2D eigenvalue weighted by atomic mass is 10.1. The molecule has 0 aromatic rings. The van der Waals surface area contributed by atoms with Crippen LogP contribution in [0.1, 0.15) is 51.9 Å².